The third-order valence-electron chi connectivity index (χ3n) is 6.97. The number of pyridine rings is 1. The number of H-pyrrole nitrogens is 1. The van der Waals surface area contributed by atoms with Crippen LogP contribution in [0.25, 0.3) is 21.5 Å². The van der Waals surface area contributed by atoms with Gasteiger partial charge in [0.25, 0.3) is 0 Å². The zero-order valence-electron chi connectivity index (χ0n) is 18.7. The standard InChI is InChI=1S/C24H28N8S/c1-14-9-20(31-30-14)19-13-33-23-21(19)22(25)28-24(29-23)27-16-10-17-6-4-7-18(11-16)32(17)12-15-5-2-3-8-26-15/h2-3,5,8-9,13,16-18H,4,6-7,10-12H2,1H3,(H,30,31)(H3,25,27,28,29)/t16?,17-,18+. The van der Waals surface area contributed by atoms with Gasteiger partial charge in [0.1, 0.15) is 10.6 Å². The van der Waals surface area contributed by atoms with Crippen LogP contribution in [0.15, 0.2) is 35.8 Å². The highest BCUT2D eigenvalue weighted by molar-refractivity contribution is 7.17. The van der Waals surface area contributed by atoms with E-state index in [-0.39, 0.29) is 0 Å². The molecule has 2 bridgehead atoms. The molecule has 2 aliphatic heterocycles. The average Bonchev–Trinajstić information content (AvgIpc) is 3.41. The lowest BCUT2D eigenvalue weighted by atomic mass is 9.81. The summed E-state index contributed by atoms with van der Waals surface area (Å²) in [5.74, 6) is 1.14. The second-order valence-corrected chi connectivity index (χ2v) is 10.1. The van der Waals surface area contributed by atoms with Crippen molar-refractivity contribution in [1.82, 2.24) is 30.0 Å². The summed E-state index contributed by atoms with van der Waals surface area (Å²) in [7, 11) is 0. The number of hydrogen-bond donors (Lipinski definition) is 3. The van der Waals surface area contributed by atoms with Crippen molar-refractivity contribution in [3.8, 4) is 11.3 Å². The fraction of sp³-hybridized carbons (Fsp3) is 0.417. The minimum absolute atomic E-state index is 0.352. The number of rotatable bonds is 5. The molecule has 6 rings (SSSR count). The van der Waals surface area contributed by atoms with Crippen LogP contribution >= 0.6 is 11.3 Å². The Hall–Kier alpha value is -3.04. The highest BCUT2D eigenvalue weighted by Gasteiger charge is 2.38. The lowest BCUT2D eigenvalue weighted by Crippen LogP contribution is -2.54. The number of thiophene rings is 1. The molecule has 0 saturated carbocycles. The molecule has 0 aromatic carbocycles. The third kappa shape index (κ3) is 3.95. The van der Waals surface area contributed by atoms with Crippen molar-refractivity contribution in [1.29, 1.82) is 0 Å². The Kier molecular flexibility index (Phi) is 5.22. The number of anilines is 2. The van der Waals surface area contributed by atoms with Crippen LogP contribution < -0.4 is 11.1 Å². The Morgan fingerprint density at radius 2 is 2.06 bits per heavy atom. The molecule has 4 aromatic heterocycles. The van der Waals surface area contributed by atoms with E-state index in [1.54, 1.807) is 11.3 Å². The summed E-state index contributed by atoms with van der Waals surface area (Å²) in [5.41, 5.74) is 10.4. The zero-order chi connectivity index (χ0) is 22.4. The Labute approximate surface area is 196 Å². The minimum Gasteiger partial charge on any atom is -0.383 e. The molecule has 3 atom stereocenters. The molecule has 170 valence electrons. The molecule has 1 unspecified atom stereocenters. The predicted molar refractivity (Wildman–Crippen MR) is 132 cm³/mol. The summed E-state index contributed by atoms with van der Waals surface area (Å²) in [4.78, 5) is 17.6. The second-order valence-electron chi connectivity index (χ2n) is 9.24. The normalized spacial score (nSPS) is 23.1. The lowest BCUT2D eigenvalue weighted by Gasteiger charge is -2.49. The van der Waals surface area contributed by atoms with Crippen molar-refractivity contribution < 1.29 is 0 Å². The highest BCUT2D eigenvalue weighted by atomic mass is 32.1. The molecule has 0 aliphatic carbocycles. The van der Waals surface area contributed by atoms with Gasteiger partial charge in [-0.1, -0.05) is 12.5 Å². The monoisotopic (exact) mass is 460 g/mol. The van der Waals surface area contributed by atoms with Crippen LogP contribution in [-0.2, 0) is 6.54 Å². The molecule has 4 aromatic rings. The van der Waals surface area contributed by atoms with E-state index in [9.17, 15) is 0 Å². The van der Waals surface area contributed by atoms with Gasteiger partial charge >= 0.3 is 0 Å². The first-order valence-electron chi connectivity index (χ1n) is 11.6. The number of fused-ring (bicyclic) bond motifs is 3. The summed E-state index contributed by atoms with van der Waals surface area (Å²) in [6.45, 7) is 2.92. The summed E-state index contributed by atoms with van der Waals surface area (Å²) in [6.07, 6.45) is 7.85. The average molecular weight is 461 g/mol. The molecule has 0 radical (unpaired) electrons. The van der Waals surface area contributed by atoms with Gasteiger partial charge < -0.3 is 11.1 Å². The van der Waals surface area contributed by atoms with Crippen molar-refractivity contribution >= 4 is 33.3 Å². The number of nitrogens with two attached hydrogens (primary N) is 1. The molecule has 4 N–H and O–H groups in total. The Balaban J connectivity index is 1.20. The van der Waals surface area contributed by atoms with Crippen LogP contribution in [0.5, 0.6) is 0 Å². The van der Waals surface area contributed by atoms with Gasteiger partial charge in [0, 0.05) is 47.5 Å². The fourth-order valence-electron chi connectivity index (χ4n) is 5.49. The maximum Gasteiger partial charge on any atom is 0.226 e. The smallest absolute Gasteiger partial charge is 0.226 e. The number of nitrogen functional groups attached to an aromatic ring is 1. The quantitative estimate of drug-likeness (QED) is 0.406. The van der Waals surface area contributed by atoms with E-state index in [0.29, 0.717) is 29.9 Å². The van der Waals surface area contributed by atoms with Crippen molar-refractivity contribution in [3.05, 3.63) is 47.2 Å². The molecule has 2 aliphatic rings. The second kappa shape index (κ2) is 8.39. The van der Waals surface area contributed by atoms with Crippen LogP contribution in [0.4, 0.5) is 11.8 Å². The van der Waals surface area contributed by atoms with Crippen LogP contribution in [-0.4, -0.2) is 48.2 Å². The first kappa shape index (κ1) is 20.6. The molecule has 0 amide bonds. The van der Waals surface area contributed by atoms with Crippen molar-refractivity contribution in [2.24, 2.45) is 0 Å². The first-order valence-corrected chi connectivity index (χ1v) is 12.5. The van der Waals surface area contributed by atoms with Crippen LogP contribution in [0.1, 0.15) is 43.5 Å². The SMILES string of the molecule is Cc1cc(-c2csc3nc(NC4C[C@H]5CCC[C@@H](C4)N5Cc4ccccn4)nc(N)c23)n[nH]1. The van der Waals surface area contributed by atoms with Gasteiger partial charge in [-0.25, -0.2) is 4.98 Å². The van der Waals surface area contributed by atoms with E-state index < -0.39 is 0 Å². The summed E-state index contributed by atoms with van der Waals surface area (Å²) >= 11 is 1.59. The molecular weight excluding hydrogens is 432 g/mol. The van der Waals surface area contributed by atoms with E-state index in [1.165, 1.54) is 19.3 Å². The number of nitrogens with one attached hydrogen (secondary N) is 2. The number of aryl methyl sites for hydroxylation is 1. The number of piperidine rings is 2. The van der Waals surface area contributed by atoms with E-state index in [2.05, 4.69) is 47.9 Å². The van der Waals surface area contributed by atoms with Gasteiger partial charge in [-0.15, -0.1) is 11.3 Å². The maximum atomic E-state index is 6.41. The summed E-state index contributed by atoms with van der Waals surface area (Å²) in [5, 5.41) is 14.0. The fourth-order valence-corrected chi connectivity index (χ4v) is 6.43. The summed E-state index contributed by atoms with van der Waals surface area (Å²) in [6, 6.07) is 9.69. The van der Waals surface area contributed by atoms with Gasteiger partial charge in [0.15, 0.2) is 0 Å². The molecule has 8 nitrogen and oxygen atoms in total. The Morgan fingerprint density at radius 1 is 1.21 bits per heavy atom. The first-order chi connectivity index (χ1) is 16.1. The molecule has 33 heavy (non-hydrogen) atoms. The van der Waals surface area contributed by atoms with E-state index in [0.717, 1.165) is 52.2 Å². The van der Waals surface area contributed by atoms with E-state index in [4.69, 9.17) is 10.7 Å². The predicted octanol–water partition coefficient (Wildman–Crippen LogP) is 4.36. The Bertz CT molecular complexity index is 1250. The highest BCUT2D eigenvalue weighted by Crippen LogP contribution is 2.38. The van der Waals surface area contributed by atoms with E-state index >= 15 is 0 Å². The van der Waals surface area contributed by atoms with Crippen molar-refractivity contribution in [3.63, 3.8) is 0 Å². The van der Waals surface area contributed by atoms with Gasteiger partial charge in [0.2, 0.25) is 5.95 Å². The van der Waals surface area contributed by atoms with Gasteiger partial charge in [0.05, 0.1) is 16.8 Å². The van der Waals surface area contributed by atoms with Crippen LogP contribution in [0.3, 0.4) is 0 Å². The maximum absolute atomic E-state index is 6.41. The van der Waals surface area contributed by atoms with Crippen molar-refractivity contribution in [2.75, 3.05) is 11.1 Å². The summed E-state index contributed by atoms with van der Waals surface area (Å²) < 4.78 is 0. The lowest BCUT2D eigenvalue weighted by molar-refractivity contribution is 0.0266. The molecule has 0 spiro atoms. The van der Waals surface area contributed by atoms with Gasteiger partial charge in [-0.3, -0.25) is 15.0 Å². The van der Waals surface area contributed by atoms with Gasteiger partial charge in [-0.2, -0.15) is 10.1 Å². The molecule has 9 heteroatoms. The largest absolute Gasteiger partial charge is 0.383 e. The number of aromatic amines is 1. The van der Waals surface area contributed by atoms with Crippen molar-refractivity contribution in [2.45, 2.75) is 63.7 Å². The molecule has 2 saturated heterocycles. The zero-order valence-corrected chi connectivity index (χ0v) is 19.5. The van der Waals surface area contributed by atoms with Crippen LogP contribution in [0, 0.1) is 6.92 Å². The number of hydrogen-bond acceptors (Lipinski definition) is 8. The Morgan fingerprint density at radius 3 is 2.79 bits per heavy atom. The number of aromatic nitrogens is 5. The van der Waals surface area contributed by atoms with Gasteiger partial charge in [-0.05, 0) is 50.8 Å². The minimum atomic E-state index is 0.352. The third-order valence-corrected chi connectivity index (χ3v) is 7.85. The number of nitrogens with zero attached hydrogens (tertiary/aromatic N) is 5. The molecule has 6 heterocycles. The molecule has 2 fully saturated rings. The molecular formula is C24H28N8S. The topological polar surface area (TPSA) is 109 Å². The van der Waals surface area contributed by atoms with E-state index in [1.807, 2.05) is 25.3 Å². The van der Waals surface area contributed by atoms with Crippen LogP contribution in [0.2, 0.25) is 0 Å².